The van der Waals surface area contributed by atoms with E-state index in [9.17, 15) is 9.90 Å². The van der Waals surface area contributed by atoms with Crippen LogP contribution >= 0.6 is 0 Å². The molecule has 0 aromatic carbocycles. The Kier molecular flexibility index (Phi) is 20.0. The van der Waals surface area contributed by atoms with Crippen molar-refractivity contribution in [2.75, 3.05) is 52.9 Å². The van der Waals surface area contributed by atoms with Crippen LogP contribution in [0.25, 0.3) is 0 Å². The van der Waals surface area contributed by atoms with Crippen molar-refractivity contribution in [1.29, 1.82) is 0 Å². The molecule has 0 aromatic rings. The summed E-state index contributed by atoms with van der Waals surface area (Å²) in [6.07, 6.45) is -0.0414. The number of aliphatic carboxylic acids is 1. The lowest BCUT2D eigenvalue weighted by Crippen LogP contribution is -2.22. The van der Waals surface area contributed by atoms with Crippen LogP contribution in [-0.2, 0) is 23.7 Å². The molecule has 0 bridgehead atoms. The quantitative estimate of drug-likeness (QED) is 0.235. The summed E-state index contributed by atoms with van der Waals surface area (Å²) in [4.78, 5) is 9.25. The monoisotopic (exact) mass is 338 g/mol. The molecule has 0 aliphatic carbocycles. The molecule has 0 fully saturated rings. The molecule has 0 amide bonds. The molecule has 1 atom stereocenters. The minimum atomic E-state index is -0.981. The fourth-order valence-corrected chi connectivity index (χ4v) is 1.04. The van der Waals surface area contributed by atoms with E-state index in [1.807, 2.05) is 13.8 Å². The average molecular weight is 338 g/mol. The first kappa shape index (κ1) is 24.2. The van der Waals surface area contributed by atoms with Crippen molar-refractivity contribution < 1.29 is 39.1 Å². The van der Waals surface area contributed by atoms with Gasteiger partial charge in [-0.2, -0.15) is 0 Å². The van der Waals surface area contributed by atoms with Crippen molar-refractivity contribution in [3.05, 3.63) is 12.7 Å². The summed E-state index contributed by atoms with van der Waals surface area (Å²) in [5.74, 6) is -0.591. The lowest BCUT2D eigenvalue weighted by atomic mass is 10.2. The van der Waals surface area contributed by atoms with Crippen LogP contribution in [0.2, 0.25) is 0 Å². The van der Waals surface area contributed by atoms with Gasteiger partial charge < -0.3 is 34.3 Å². The van der Waals surface area contributed by atoms with E-state index in [1.165, 1.54) is 0 Å². The molecule has 8 nitrogen and oxygen atoms in total. The van der Waals surface area contributed by atoms with Crippen LogP contribution in [-0.4, -0.2) is 80.4 Å². The second kappa shape index (κ2) is 19.0. The highest BCUT2D eigenvalue weighted by molar-refractivity contribution is 5.78. The fraction of sp³-hybridized carbons (Fsp3) is 0.800. The van der Waals surface area contributed by atoms with Crippen molar-refractivity contribution >= 4 is 5.97 Å². The third kappa shape index (κ3) is 26.2. The lowest BCUT2D eigenvalue weighted by molar-refractivity contribution is -0.146. The average Bonchev–Trinajstić information content (AvgIpc) is 2.51. The number of rotatable bonds is 14. The highest BCUT2D eigenvalue weighted by Gasteiger charge is 2.05. The Morgan fingerprint density at radius 1 is 1.04 bits per heavy atom. The number of carboxylic acids is 1. The predicted molar refractivity (Wildman–Crippen MR) is 84.2 cm³/mol. The molecule has 0 saturated carbocycles. The van der Waals surface area contributed by atoms with E-state index in [2.05, 4.69) is 6.58 Å². The maximum absolute atomic E-state index is 9.37. The third-order valence-electron chi connectivity index (χ3n) is 2.04. The zero-order valence-corrected chi connectivity index (χ0v) is 14.0. The van der Waals surface area contributed by atoms with E-state index in [1.54, 1.807) is 0 Å². The molecule has 0 saturated heterocycles. The van der Waals surface area contributed by atoms with Crippen LogP contribution in [0.15, 0.2) is 12.7 Å². The second-order valence-electron chi connectivity index (χ2n) is 4.75. The van der Waals surface area contributed by atoms with Gasteiger partial charge in [0.05, 0.1) is 52.9 Å². The normalized spacial score (nSPS) is 11.7. The topological polar surface area (TPSA) is 115 Å². The van der Waals surface area contributed by atoms with Crippen molar-refractivity contribution in [3.63, 3.8) is 0 Å². The van der Waals surface area contributed by atoms with Gasteiger partial charge in [-0.3, -0.25) is 0 Å². The molecule has 0 aliphatic heterocycles. The summed E-state index contributed by atoms with van der Waals surface area (Å²) in [6, 6.07) is 0. The van der Waals surface area contributed by atoms with E-state index in [-0.39, 0.29) is 13.2 Å². The third-order valence-corrected chi connectivity index (χ3v) is 2.04. The summed E-state index contributed by atoms with van der Waals surface area (Å²) >= 11 is 0. The summed E-state index contributed by atoms with van der Waals surface area (Å²) in [5, 5.41) is 25.4. The molecule has 0 heterocycles. The van der Waals surface area contributed by atoms with Gasteiger partial charge in [0.25, 0.3) is 0 Å². The van der Waals surface area contributed by atoms with Crippen LogP contribution in [0.4, 0.5) is 0 Å². The Hall–Kier alpha value is -1.03. The van der Waals surface area contributed by atoms with Crippen molar-refractivity contribution in [2.24, 2.45) is 5.92 Å². The number of hydrogen-bond donors (Lipinski definition) is 3. The molecular weight excluding hydrogens is 308 g/mol. The van der Waals surface area contributed by atoms with Crippen LogP contribution in [0, 0.1) is 5.92 Å². The molecule has 138 valence electrons. The molecule has 0 rings (SSSR count). The maximum Gasteiger partial charge on any atom is 0.327 e. The summed E-state index contributed by atoms with van der Waals surface area (Å²) < 4.78 is 20.5. The van der Waals surface area contributed by atoms with Crippen molar-refractivity contribution in [2.45, 2.75) is 20.1 Å². The minimum absolute atomic E-state index is 0.0252. The molecule has 0 aliphatic rings. The molecular formula is C15H30O8. The smallest absolute Gasteiger partial charge is 0.327 e. The summed E-state index contributed by atoms with van der Waals surface area (Å²) in [5.41, 5.74) is 0. The maximum atomic E-state index is 9.37. The first-order valence-corrected chi connectivity index (χ1v) is 7.43. The molecule has 0 spiro atoms. The predicted octanol–water partition coefficient (Wildman–Crippen LogP) is 0.277. The number of aliphatic hydroxyl groups excluding tert-OH is 2. The van der Waals surface area contributed by atoms with E-state index in [4.69, 9.17) is 29.2 Å². The molecule has 23 heavy (non-hydrogen) atoms. The Morgan fingerprint density at radius 3 is 1.96 bits per heavy atom. The largest absolute Gasteiger partial charge is 0.478 e. The van der Waals surface area contributed by atoms with Crippen LogP contribution in [0.3, 0.4) is 0 Å². The fourth-order valence-electron chi connectivity index (χ4n) is 1.04. The van der Waals surface area contributed by atoms with Crippen LogP contribution in [0.5, 0.6) is 0 Å². The van der Waals surface area contributed by atoms with Gasteiger partial charge in [-0.05, 0) is 5.92 Å². The van der Waals surface area contributed by atoms with Gasteiger partial charge in [-0.1, -0.05) is 20.4 Å². The van der Waals surface area contributed by atoms with E-state index < -0.39 is 12.3 Å². The summed E-state index contributed by atoms with van der Waals surface area (Å²) in [7, 11) is 0. The number of aliphatic hydroxyl groups is 2. The van der Waals surface area contributed by atoms with Gasteiger partial charge in [0.2, 0.25) is 0 Å². The first-order valence-electron chi connectivity index (χ1n) is 7.43. The Morgan fingerprint density at radius 2 is 1.52 bits per heavy atom. The number of ether oxygens (including phenoxy) is 4. The van der Waals surface area contributed by atoms with Crippen LogP contribution < -0.4 is 0 Å². The lowest BCUT2D eigenvalue weighted by Gasteiger charge is -2.14. The standard InChI is InChI=1S/C12H26O6.C3H4O2/c1-11(2)9-18-12(14)10-17-8-7-16-6-5-15-4-3-13;1-2-3(4)5/h11-14H,3-10H2,1-2H3;2H,1H2,(H,4,5). The Balaban J connectivity index is 0. The first-order chi connectivity index (χ1) is 10.9. The second-order valence-corrected chi connectivity index (χ2v) is 4.75. The van der Waals surface area contributed by atoms with Crippen molar-refractivity contribution in [3.8, 4) is 0 Å². The number of hydrogen-bond acceptors (Lipinski definition) is 7. The Bertz CT molecular complexity index is 270. The zero-order chi connectivity index (χ0) is 17.9. The molecule has 0 radical (unpaired) electrons. The highest BCUT2D eigenvalue weighted by atomic mass is 16.6. The summed E-state index contributed by atoms with van der Waals surface area (Å²) in [6.45, 7) is 9.79. The van der Waals surface area contributed by atoms with Crippen molar-refractivity contribution in [1.82, 2.24) is 0 Å². The highest BCUT2D eigenvalue weighted by Crippen LogP contribution is 1.96. The molecule has 1 unspecified atom stereocenters. The SMILES string of the molecule is C=CC(=O)O.CC(C)COC(O)COCCOCCOCCO. The molecule has 8 heteroatoms. The van der Waals surface area contributed by atoms with Gasteiger partial charge in [-0.25, -0.2) is 4.79 Å². The Labute approximate surface area is 137 Å². The van der Waals surface area contributed by atoms with Crippen LogP contribution in [0.1, 0.15) is 13.8 Å². The van der Waals surface area contributed by atoms with E-state index in [0.717, 1.165) is 6.08 Å². The van der Waals surface area contributed by atoms with E-state index in [0.29, 0.717) is 45.6 Å². The number of carbonyl (C=O) groups is 1. The zero-order valence-electron chi connectivity index (χ0n) is 14.0. The molecule has 0 aromatic heterocycles. The van der Waals surface area contributed by atoms with Gasteiger partial charge in [-0.15, -0.1) is 0 Å². The van der Waals surface area contributed by atoms with Gasteiger partial charge >= 0.3 is 5.97 Å². The van der Waals surface area contributed by atoms with Gasteiger partial charge in [0.15, 0.2) is 6.29 Å². The van der Waals surface area contributed by atoms with Gasteiger partial charge in [0.1, 0.15) is 0 Å². The van der Waals surface area contributed by atoms with E-state index >= 15 is 0 Å². The number of carboxylic acid groups (broad SMARTS) is 1. The van der Waals surface area contributed by atoms with Gasteiger partial charge in [0, 0.05) is 6.08 Å². The minimum Gasteiger partial charge on any atom is -0.478 e. The molecule has 3 N–H and O–H groups in total.